The van der Waals surface area contributed by atoms with Gasteiger partial charge < -0.3 is 15.0 Å². The first-order chi connectivity index (χ1) is 11.5. The summed E-state index contributed by atoms with van der Waals surface area (Å²) >= 11 is 0. The van der Waals surface area contributed by atoms with E-state index in [1.54, 1.807) is 13.0 Å². The number of halogens is 1. The third kappa shape index (κ3) is 5.48. The van der Waals surface area contributed by atoms with E-state index in [-0.39, 0.29) is 11.7 Å². The number of hydrogen-bond acceptors (Lipinski definition) is 3. The number of carbonyl (C=O) groups excluding carboxylic acids is 1. The summed E-state index contributed by atoms with van der Waals surface area (Å²) in [5.74, 6) is -0.0451. The van der Waals surface area contributed by atoms with E-state index in [0.717, 1.165) is 38.0 Å². The average molecular weight is 336 g/mol. The zero-order chi connectivity index (χ0) is 17.5. The Morgan fingerprint density at radius 2 is 1.96 bits per heavy atom. The minimum atomic E-state index is -0.554. The number of carbonyl (C=O) groups is 1. The highest BCUT2D eigenvalue weighted by molar-refractivity contribution is 5.97. The van der Waals surface area contributed by atoms with Gasteiger partial charge in [-0.05, 0) is 56.7 Å². The summed E-state index contributed by atoms with van der Waals surface area (Å²) in [6, 6.07) is 4.59. The van der Waals surface area contributed by atoms with Gasteiger partial charge in [0.1, 0.15) is 11.9 Å². The fraction of sp³-hybridized carbons (Fsp3) is 0.632. The van der Waals surface area contributed by atoms with Crippen molar-refractivity contribution in [1.29, 1.82) is 0 Å². The summed E-state index contributed by atoms with van der Waals surface area (Å²) in [5.41, 5.74) is 1.42. The highest BCUT2D eigenvalue weighted by Gasteiger charge is 2.19. The summed E-state index contributed by atoms with van der Waals surface area (Å²) < 4.78 is 19.2. The van der Waals surface area contributed by atoms with Gasteiger partial charge in [0.15, 0.2) is 0 Å². The third-order valence-electron chi connectivity index (χ3n) is 4.35. The molecule has 1 aliphatic rings. The monoisotopic (exact) mass is 336 g/mol. The van der Waals surface area contributed by atoms with E-state index < -0.39 is 6.10 Å². The molecule has 0 spiro atoms. The van der Waals surface area contributed by atoms with Crippen molar-refractivity contribution in [3.8, 4) is 0 Å². The van der Waals surface area contributed by atoms with Crippen LogP contribution in [-0.2, 0) is 9.53 Å². The van der Waals surface area contributed by atoms with Crippen molar-refractivity contribution in [2.75, 3.05) is 29.9 Å². The van der Waals surface area contributed by atoms with E-state index in [4.69, 9.17) is 4.74 Å². The number of ether oxygens (including phenoxy) is 1. The maximum Gasteiger partial charge on any atom is 0.253 e. The number of rotatable bonds is 7. The van der Waals surface area contributed by atoms with Crippen LogP contribution in [0.4, 0.5) is 15.8 Å². The second kappa shape index (κ2) is 9.02. The molecular weight excluding hydrogens is 307 g/mol. The predicted octanol–water partition coefficient (Wildman–Crippen LogP) is 4.21. The number of nitrogens with zero attached hydrogens (tertiary/aromatic N) is 1. The second-order valence-corrected chi connectivity index (χ2v) is 6.89. The zero-order valence-electron chi connectivity index (χ0n) is 15.0. The van der Waals surface area contributed by atoms with Crippen LogP contribution in [-0.4, -0.2) is 31.7 Å². The maximum absolute atomic E-state index is 13.7. The van der Waals surface area contributed by atoms with E-state index in [9.17, 15) is 9.18 Å². The van der Waals surface area contributed by atoms with Crippen LogP contribution in [0.15, 0.2) is 18.2 Å². The van der Waals surface area contributed by atoms with Crippen molar-refractivity contribution in [3.63, 3.8) is 0 Å². The fourth-order valence-corrected chi connectivity index (χ4v) is 2.81. The third-order valence-corrected chi connectivity index (χ3v) is 4.35. The Morgan fingerprint density at radius 1 is 1.25 bits per heavy atom. The van der Waals surface area contributed by atoms with Crippen molar-refractivity contribution in [1.82, 2.24) is 0 Å². The van der Waals surface area contributed by atoms with E-state index in [2.05, 4.69) is 24.1 Å². The Balaban J connectivity index is 2.02. The van der Waals surface area contributed by atoms with Crippen molar-refractivity contribution >= 4 is 17.3 Å². The minimum absolute atomic E-state index is 0.234. The van der Waals surface area contributed by atoms with Crippen LogP contribution in [0.1, 0.15) is 46.5 Å². The van der Waals surface area contributed by atoms with Gasteiger partial charge in [-0.15, -0.1) is 0 Å². The molecule has 0 aromatic heterocycles. The number of anilines is 2. The molecule has 0 saturated carbocycles. The molecule has 24 heavy (non-hydrogen) atoms. The maximum atomic E-state index is 13.7. The molecule has 1 aliphatic heterocycles. The molecule has 1 amide bonds. The van der Waals surface area contributed by atoms with Crippen molar-refractivity contribution < 1.29 is 13.9 Å². The average Bonchev–Trinajstić information content (AvgIpc) is 2.55. The molecule has 1 unspecified atom stereocenters. The molecule has 2 rings (SSSR count). The molecule has 1 atom stereocenters. The van der Waals surface area contributed by atoms with Crippen molar-refractivity contribution in [2.45, 2.75) is 52.6 Å². The molecule has 0 aliphatic carbocycles. The molecule has 0 radical (unpaired) electrons. The van der Waals surface area contributed by atoms with Gasteiger partial charge in [0.2, 0.25) is 0 Å². The summed E-state index contributed by atoms with van der Waals surface area (Å²) in [4.78, 5) is 14.6. The summed E-state index contributed by atoms with van der Waals surface area (Å²) in [7, 11) is 0. The van der Waals surface area contributed by atoms with Crippen molar-refractivity contribution in [2.24, 2.45) is 5.92 Å². The molecular formula is C19H29FN2O2. The van der Waals surface area contributed by atoms with E-state index in [0.29, 0.717) is 18.2 Å². The van der Waals surface area contributed by atoms with Crippen LogP contribution in [0.25, 0.3) is 0 Å². The second-order valence-electron chi connectivity index (χ2n) is 6.89. The van der Waals surface area contributed by atoms with Gasteiger partial charge in [-0.3, -0.25) is 4.79 Å². The number of amides is 1. The Morgan fingerprint density at radius 3 is 2.62 bits per heavy atom. The smallest absolute Gasteiger partial charge is 0.253 e. The van der Waals surface area contributed by atoms with Crippen LogP contribution >= 0.6 is 0 Å². The number of nitrogens with one attached hydrogen (secondary N) is 1. The first-order valence-corrected chi connectivity index (χ1v) is 8.94. The van der Waals surface area contributed by atoms with Crippen LogP contribution in [0, 0.1) is 11.7 Å². The molecule has 5 heteroatoms. The Labute approximate surface area is 144 Å². The summed E-state index contributed by atoms with van der Waals surface area (Å²) in [6.45, 7) is 8.39. The topological polar surface area (TPSA) is 41.6 Å². The van der Waals surface area contributed by atoms with Crippen LogP contribution < -0.4 is 10.2 Å². The SMILES string of the molecule is CC(C)CCOC(C)C(=O)Nc1cc(F)ccc1N1CCCCC1. The van der Waals surface area contributed by atoms with Gasteiger partial charge in [-0.1, -0.05) is 13.8 Å². The molecule has 1 fully saturated rings. The Kier molecular flexibility index (Phi) is 7.03. The molecule has 134 valence electrons. The number of hydrogen-bond donors (Lipinski definition) is 1. The quantitative estimate of drug-likeness (QED) is 0.811. The highest BCUT2D eigenvalue weighted by atomic mass is 19.1. The Bertz CT molecular complexity index is 542. The molecule has 1 saturated heterocycles. The first kappa shape index (κ1) is 18.7. The minimum Gasteiger partial charge on any atom is -0.370 e. The molecule has 1 aromatic rings. The molecule has 0 bridgehead atoms. The lowest BCUT2D eigenvalue weighted by atomic mass is 10.1. The number of benzene rings is 1. The van der Waals surface area contributed by atoms with Crippen LogP contribution in [0.2, 0.25) is 0 Å². The first-order valence-electron chi connectivity index (χ1n) is 8.94. The molecule has 4 nitrogen and oxygen atoms in total. The molecule has 1 aromatic carbocycles. The fourth-order valence-electron chi connectivity index (χ4n) is 2.81. The summed E-state index contributed by atoms with van der Waals surface area (Å²) in [5, 5.41) is 2.84. The van der Waals surface area contributed by atoms with Crippen LogP contribution in [0.5, 0.6) is 0 Å². The van der Waals surface area contributed by atoms with Gasteiger partial charge in [0, 0.05) is 19.7 Å². The van der Waals surface area contributed by atoms with E-state index in [1.165, 1.54) is 18.6 Å². The highest BCUT2D eigenvalue weighted by Crippen LogP contribution is 2.29. The van der Waals surface area contributed by atoms with E-state index in [1.807, 2.05) is 0 Å². The van der Waals surface area contributed by atoms with E-state index >= 15 is 0 Å². The van der Waals surface area contributed by atoms with Gasteiger partial charge in [0.05, 0.1) is 11.4 Å². The van der Waals surface area contributed by atoms with Gasteiger partial charge in [0.25, 0.3) is 5.91 Å². The lowest BCUT2D eigenvalue weighted by Gasteiger charge is -2.30. The Hall–Kier alpha value is -1.62. The summed E-state index contributed by atoms with van der Waals surface area (Å²) in [6.07, 6.45) is 3.83. The van der Waals surface area contributed by atoms with Gasteiger partial charge >= 0.3 is 0 Å². The zero-order valence-corrected chi connectivity index (χ0v) is 15.0. The van der Waals surface area contributed by atoms with Crippen LogP contribution in [0.3, 0.4) is 0 Å². The standard InChI is InChI=1S/C19H29FN2O2/c1-14(2)9-12-24-15(3)19(23)21-17-13-16(20)7-8-18(17)22-10-5-4-6-11-22/h7-8,13-15H,4-6,9-12H2,1-3H3,(H,21,23). The largest absolute Gasteiger partial charge is 0.370 e. The van der Waals surface area contributed by atoms with Crippen molar-refractivity contribution in [3.05, 3.63) is 24.0 Å². The normalized spacial score (nSPS) is 16.3. The molecule has 1 heterocycles. The van der Waals surface area contributed by atoms with Gasteiger partial charge in [-0.25, -0.2) is 4.39 Å². The lowest BCUT2D eigenvalue weighted by molar-refractivity contribution is -0.126. The molecule has 1 N–H and O–H groups in total. The number of piperidine rings is 1. The lowest BCUT2D eigenvalue weighted by Crippen LogP contribution is -2.32. The van der Waals surface area contributed by atoms with Gasteiger partial charge in [-0.2, -0.15) is 0 Å². The predicted molar refractivity (Wildman–Crippen MR) is 96.0 cm³/mol.